The van der Waals surface area contributed by atoms with E-state index in [0.717, 1.165) is 92.1 Å². The maximum Gasteiger partial charge on any atom is 0.138 e. The summed E-state index contributed by atoms with van der Waals surface area (Å²) in [6.45, 7) is 3.24. The molecule has 9 aromatic rings. The van der Waals surface area contributed by atoms with E-state index in [9.17, 15) is 0 Å². The molecule has 0 amide bonds. The number of aromatic nitrogens is 5. The number of aryl methyl sites for hydroxylation is 1. The van der Waals surface area contributed by atoms with Crippen LogP contribution in [-0.2, 0) is 6.54 Å². The van der Waals surface area contributed by atoms with E-state index >= 15 is 0 Å². The van der Waals surface area contributed by atoms with E-state index in [1.807, 2.05) is 60.7 Å². The van der Waals surface area contributed by atoms with Crippen LogP contribution in [0.15, 0.2) is 146 Å². The van der Waals surface area contributed by atoms with Crippen LogP contribution in [0.5, 0.6) is 0 Å². The highest BCUT2D eigenvalue weighted by atomic mass is 15.0. The molecule has 7 heteroatoms. The molecule has 282 valence electrons. The molecule has 0 aliphatic heterocycles. The van der Waals surface area contributed by atoms with Crippen molar-refractivity contribution in [1.29, 1.82) is 0 Å². The summed E-state index contributed by atoms with van der Waals surface area (Å²) in [5.41, 5.74) is 26.1. The minimum absolute atomic E-state index is 0.725. The Balaban J connectivity index is 1.21. The van der Waals surface area contributed by atoms with Gasteiger partial charge < -0.3 is 26.0 Å². The molecule has 6 aromatic carbocycles. The SMILES string of the molecule is CCCCCCCCn1c2ccc(-c3[nH]c(-c4ccc(N)cc4)nc3-c3ccccc3)cc2c2cc(-c3[nH]c(-c4ccc(N)cc4)nc3-c3ccccc3)ccc21. The van der Waals surface area contributed by atoms with Crippen LogP contribution < -0.4 is 11.5 Å². The minimum Gasteiger partial charge on any atom is -0.399 e. The number of rotatable bonds is 13. The van der Waals surface area contributed by atoms with Gasteiger partial charge in [-0.3, -0.25) is 0 Å². The monoisotopic (exact) mass is 745 g/mol. The van der Waals surface area contributed by atoms with Crippen LogP contribution in [-0.4, -0.2) is 24.5 Å². The molecular weight excluding hydrogens is 699 g/mol. The lowest BCUT2D eigenvalue weighted by Gasteiger charge is -2.09. The van der Waals surface area contributed by atoms with Gasteiger partial charge in [0.25, 0.3) is 0 Å². The van der Waals surface area contributed by atoms with Crippen LogP contribution in [0.2, 0.25) is 0 Å². The zero-order valence-electron chi connectivity index (χ0n) is 32.3. The average molecular weight is 746 g/mol. The summed E-state index contributed by atoms with van der Waals surface area (Å²) < 4.78 is 2.52. The third-order valence-electron chi connectivity index (χ3n) is 11.0. The van der Waals surface area contributed by atoms with Gasteiger partial charge in [-0.2, -0.15) is 0 Å². The summed E-state index contributed by atoms with van der Waals surface area (Å²) in [4.78, 5) is 17.8. The highest BCUT2D eigenvalue weighted by molar-refractivity contribution is 6.11. The summed E-state index contributed by atoms with van der Waals surface area (Å²) in [6, 6.07) is 50.4. The van der Waals surface area contributed by atoms with E-state index in [2.05, 4.69) is 106 Å². The van der Waals surface area contributed by atoms with E-state index in [0.29, 0.717) is 0 Å². The number of benzene rings is 6. The van der Waals surface area contributed by atoms with Crippen molar-refractivity contribution in [1.82, 2.24) is 24.5 Å². The fourth-order valence-electron chi connectivity index (χ4n) is 8.04. The van der Waals surface area contributed by atoms with Gasteiger partial charge in [0, 0.05) is 73.1 Å². The average Bonchev–Trinajstić information content (AvgIpc) is 3.98. The first-order chi connectivity index (χ1) is 28.0. The van der Waals surface area contributed by atoms with Gasteiger partial charge in [-0.25, -0.2) is 9.97 Å². The Bertz CT molecular complexity index is 2590. The van der Waals surface area contributed by atoms with Crippen LogP contribution in [0, 0.1) is 0 Å². The third-order valence-corrected chi connectivity index (χ3v) is 11.0. The van der Waals surface area contributed by atoms with Crippen molar-refractivity contribution in [3.63, 3.8) is 0 Å². The second kappa shape index (κ2) is 15.7. The first kappa shape index (κ1) is 35.8. The molecule has 0 aliphatic rings. The van der Waals surface area contributed by atoms with Crippen LogP contribution in [0.4, 0.5) is 11.4 Å². The standard InChI is InChI=1S/C50H47N7/c1-2-3-4-5-6-13-30-57-43-28-22-37(47-45(33-14-9-7-10-15-33)53-49(55-47)35-18-24-39(51)25-19-35)31-41(43)42-32-38(23-29-44(42)57)48-46(34-16-11-8-12-17-34)54-50(56-48)36-20-26-40(52)27-21-36/h7-12,14-29,31-32H,2-6,13,30,51-52H2,1H3,(H,53,55)(H,54,56). The molecule has 0 saturated carbocycles. The lowest BCUT2D eigenvalue weighted by Crippen LogP contribution is -1.98. The van der Waals surface area contributed by atoms with Crippen molar-refractivity contribution >= 4 is 33.2 Å². The Morgan fingerprint density at radius 1 is 0.456 bits per heavy atom. The van der Waals surface area contributed by atoms with E-state index < -0.39 is 0 Å². The number of imidazole rings is 2. The molecule has 3 heterocycles. The molecule has 0 saturated heterocycles. The number of hydrogen-bond donors (Lipinski definition) is 4. The number of unbranched alkanes of at least 4 members (excludes halogenated alkanes) is 5. The van der Waals surface area contributed by atoms with Crippen molar-refractivity contribution in [3.05, 3.63) is 146 Å². The van der Waals surface area contributed by atoms with E-state index in [4.69, 9.17) is 21.4 Å². The Labute approximate surface area is 333 Å². The number of H-pyrrole nitrogens is 2. The quantitative estimate of drug-likeness (QED) is 0.0695. The van der Waals surface area contributed by atoms with Gasteiger partial charge >= 0.3 is 0 Å². The van der Waals surface area contributed by atoms with Crippen molar-refractivity contribution in [2.45, 2.75) is 52.0 Å². The molecule has 0 bridgehead atoms. The molecule has 0 fully saturated rings. The predicted molar refractivity (Wildman–Crippen MR) is 239 cm³/mol. The molecule has 0 radical (unpaired) electrons. The van der Waals surface area contributed by atoms with Gasteiger partial charge in [-0.15, -0.1) is 0 Å². The molecule has 0 atom stereocenters. The molecule has 0 spiro atoms. The smallest absolute Gasteiger partial charge is 0.138 e. The summed E-state index contributed by atoms with van der Waals surface area (Å²) in [5.74, 6) is 1.61. The van der Waals surface area contributed by atoms with Crippen LogP contribution in [0.25, 0.3) is 89.6 Å². The molecule has 7 nitrogen and oxygen atoms in total. The fraction of sp³-hybridized carbons (Fsp3) is 0.160. The number of nitrogens with two attached hydrogens (primary N) is 2. The summed E-state index contributed by atoms with van der Waals surface area (Å²) in [5, 5.41) is 2.41. The highest BCUT2D eigenvalue weighted by Gasteiger charge is 2.20. The second-order valence-electron chi connectivity index (χ2n) is 15.0. The number of aromatic amines is 2. The minimum atomic E-state index is 0.725. The van der Waals surface area contributed by atoms with Gasteiger partial charge in [0.15, 0.2) is 0 Å². The number of nitrogens with one attached hydrogen (secondary N) is 2. The Hall–Kier alpha value is -6.86. The Morgan fingerprint density at radius 3 is 1.33 bits per heavy atom. The lowest BCUT2D eigenvalue weighted by molar-refractivity contribution is 0.571. The molecule has 0 aliphatic carbocycles. The number of nitrogens with zero attached hydrogens (tertiary/aromatic N) is 3. The first-order valence-corrected chi connectivity index (χ1v) is 20.1. The van der Waals surface area contributed by atoms with Crippen LogP contribution in [0.1, 0.15) is 45.4 Å². The van der Waals surface area contributed by atoms with Crippen LogP contribution >= 0.6 is 0 Å². The van der Waals surface area contributed by atoms with Gasteiger partial charge in [0.05, 0.1) is 22.8 Å². The Kier molecular flexibility index (Phi) is 9.87. The maximum absolute atomic E-state index is 6.06. The third kappa shape index (κ3) is 7.20. The Morgan fingerprint density at radius 2 is 0.877 bits per heavy atom. The molecule has 57 heavy (non-hydrogen) atoms. The zero-order valence-corrected chi connectivity index (χ0v) is 32.3. The highest BCUT2D eigenvalue weighted by Crippen LogP contribution is 2.40. The summed E-state index contributed by atoms with van der Waals surface area (Å²) in [7, 11) is 0. The second-order valence-corrected chi connectivity index (χ2v) is 15.0. The molecular formula is C50H47N7. The topological polar surface area (TPSA) is 114 Å². The fourth-order valence-corrected chi connectivity index (χ4v) is 8.04. The molecule has 0 unspecified atom stereocenters. The largest absolute Gasteiger partial charge is 0.399 e. The van der Waals surface area contributed by atoms with Gasteiger partial charge in [0.1, 0.15) is 11.6 Å². The van der Waals surface area contributed by atoms with Crippen molar-refractivity contribution < 1.29 is 0 Å². The van der Waals surface area contributed by atoms with Crippen LogP contribution in [0.3, 0.4) is 0 Å². The van der Waals surface area contributed by atoms with Gasteiger partial charge in [0.2, 0.25) is 0 Å². The van der Waals surface area contributed by atoms with Gasteiger partial charge in [-0.05, 0) is 79.2 Å². The molecule has 6 N–H and O–H groups in total. The molecule has 9 rings (SSSR count). The number of anilines is 2. The number of nitrogen functional groups attached to an aromatic ring is 2. The van der Waals surface area contributed by atoms with E-state index in [1.165, 1.54) is 53.9 Å². The normalized spacial score (nSPS) is 11.5. The zero-order chi connectivity index (χ0) is 38.7. The van der Waals surface area contributed by atoms with Crippen molar-refractivity contribution in [3.8, 4) is 67.8 Å². The summed E-state index contributed by atoms with van der Waals surface area (Å²) >= 11 is 0. The summed E-state index contributed by atoms with van der Waals surface area (Å²) in [6.07, 6.45) is 7.50. The van der Waals surface area contributed by atoms with Crippen molar-refractivity contribution in [2.75, 3.05) is 11.5 Å². The lowest BCUT2D eigenvalue weighted by atomic mass is 10.0. The maximum atomic E-state index is 6.06. The van der Waals surface area contributed by atoms with E-state index in [-0.39, 0.29) is 0 Å². The number of hydrogen-bond acceptors (Lipinski definition) is 4. The van der Waals surface area contributed by atoms with E-state index in [1.54, 1.807) is 0 Å². The molecule has 3 aromatic heterocycles. The van der Waals surface area contributed by atoms with Crippen molar-refractivity contribution in [2.24, 2.45) is 0 Å². The first-order valence-electron chi connectivity index (χ1n) is 20.1. The predicted octanol–water partition coefficient (Wildman–Crippen LogP) is 12.8. The number of fused-ring (bicyclic) bond motifs is 3. The van der Waals surface area contributed by atoms with Gasteiger partial charge in [-0.1, -0.05) is 112 Å².